The van der Waals surface area contributed by atoms with Crippen molar-refractivity contribution in [2.75, 3.05) is 27.2 Å². The fourth-order valence-corrected chi connectivity index (χ4v) is 4.32. The molecule has 32 heavy (non-hydrogen) atoms. The SMILES string of the molecule is CN/C=C1/C=C(C2=CNC(N3CCC(N)CC3)N=C2c2ccc(C#N)cc2)C=CC1NC. The molecule has 3 aliphatic rings. The Kier molecular flexibility index (Phi) is 6.86. The van der Waals surface area contributed by atoms with Gasteiger partial charge in [-0.3, -0.25) is 4.90 Å². The lowest BCUT2D eigenvalue weighted by molar-refractivity contribution is 0.142. The number of piperidine rings is 1. The summed E-state index contributed by atoms with van der Waals surface area (Å²) >= 11 is 0. The summed E-state index contributed by atoms with van der Waals surface area (Å²) < 4.78 is 0. The van der Waals surface area contributed by atoms with Gasteiger partial charge in [-0.05, 0) is 49.2 Å². The van der Waals surface area contributed by atoms with Crippen LogP contribution < -0.4 is 21.7 Å². The molecule has 0 spiro atoms. The third-order valence-corrected chi connectivity index (χ3v) is 6.17. The molecule has 0 saturated carbocycles. The van der Waals surface area contributed by atoms with Gasteiger partial charge in [-0.1, -0.05) is 24.3 Å². The molecule has 5 N–H and O–H groups in total. The summed E-state index contributed by atoms with van der Waals surface area (Å²) in [4.78, 5) is 7.48. The first-order chi connectivity index (χ1) is 15.6. The quantitative estimate of drug-likeness (QED) is 0.569. The Labute approximate surface area is 190 Å². The van der Waals surface area contributed by atoms with Crippen LogP contribution in [0.2, 0.25) is 0 Å². The molecule has 2 aliphatic heterocycles. The summed E-state index contributed by atoms with van der Waals surface area (Å²) in [5, 5.41) is 19.2. The molecule has 0 bridgehead atoms. The normalized spacial score (nSPS) is 25.4. The van der Waals surface area contributed by atoms with Gasteiger partial charge in [-0.15, -0.1) is 0 Å². The summed E-state index contributed by atoms with van der Waals surface area (Å²) in [6.45, 7) is 1.85. The van der Waals surface area contributed by atoms with E-state index in [2.05, 4.69) is 51.3 Å². The van der Waals surface area contributed by atoms with Crippen molar-refractivity contribution in [3.05, 3.63) is 82.7 Å². The molecule has 2 heterocycles. The molecule has 7 nitrogen and oxygen atoms in total. The number of benzene rings is 1. The molecule has 4 rings (SSSR count). The van der Waals surface area contributed by atoms with Gasteiger partial charge in [0.25, 0.3) is 0 Å². The van der Waals surface area contributed by atoms with E-state index in [0.29, 0.717) is 5.56 Å². The molecule has 1 saturated heterocycles. The smallest absolute Gasteiger partial charge is 0.176 e. The maximum atomic E-state index is 9.20. The number of hydrogen-bond donors (Lipinski definition) is 4. The summed E-state index contributed by atoms with van der Waals surface area (Å²) in [6, 6.07) is 10.3. The number of nitrogens with one attached hydrogen (secondary N) is 3. The highest BCUT2D eigenvalue weighted by Gasteiger charge is 2.28. The molecule has 1 fully saturated rings. The molecule has 1 aromatic rings. The predicted molar refractivity (Wildman–Crippen MR) is 129 cm³/mol. The Morgan fingerprint density at radius 1 is 1.22 bits per heavy atom. The lowest BCUT2D eigenvalue weighted by Crippen LogP contribution is -2.50. The molecule has 0 aromatic heterocycles. The van der Waals surface area contributed by atoms with Gasteiger partial charge < -0.3 is 21.7 Å². The first-order valence-electron chi connectivity index (χ1n) is 11.1. The summed E-state index contributed by atoms with van der Waals surface area (Å²) in [7, 11) is 3.86. The van der Waals surface area contributed by atoms with Crippen LogP contribution in [0.3, 0.4) is 0 Å². The Morgan fingerprint density at radius 2 is 1.97 bits per heavy atom. The van der Waals surface area contributed by atoms with E-state index in [1.807, 2.05) is 44.6 Å². The largest absolute Gasteiger partial charge is 0.394 e. The molecule has 7 heteroatoms. The maximum absolute atomic E-state index is 9.20. The van der Waals surface area contributed by atoms with Crippen molar-refractivity contribution in [1.82, 2.24) is 20.9 Å². The van der Waals surface area contributed by atoms with Gasteiger partial charge in [-0.2, -0.15) is 5.26 Å². The summed E-state index contributed by atoms with van der Waals surface area (Å²) in [6.07, 6.45) is 12.4. The van der Waals surface area contributed by atoms with Gasteiger partial charge in [0.1, 0.15) is 0 Å². The minimum atomic E-state index is -0.123. The molecular formula is C25H31N7. The fraction of sp³-hybridized carbons (Fsp3) is 0.360. The van der Waals surface area contributed by atoms with Crippen LogP contribution >= 0.6 is 0 Å². The van der Waals surface area contributed by atoms with Crippen molar-refractivity contribution >= 4 is 5.71 Å². The zero-order valence-electron chi connectivity index (χ0n) is 18.7. The number of nitrogens with zero attached hydrogens (tertiary/aromatic N) is 3. The Morgan fingerprint density at radius 3 is 2.62 bits per heavy atom. The third-order valence-electron chi connectivity index (χ3n) is 6.17. The average Bonchev–Trinajstić information content (AvgIpc) is 2.84. The molecule has 1 aliphatic carbocycles. The second kappa shape index (κ2) is 9.96. The predicted octanol–water partition coefficient (Wildman–Crippen LogP) is 1.73. The van der Waals surface area contributed by atoms with Crippen LogP contribution in [0.15, 0.2) is 76.6 Å². The monoisotopic (exact) mass is 429 g/mol. The molecule has 1 aromatic carbocycles. The average molecular weight is 430 g/mol. The van der Waals surface area contributed by atoms with E-state index >= 15 is 0 Å². The second-order valence-corrected chi connectivity index (χ2v) is 8.30. The zero-order chi connectivity index (χ0) is 22.5. The molecular weight excluding hydrogens is 398 g/mol. The Bertz CT molecular complexity index is 1020. The number of allylic oxidation sites excluding steroid dienone is 3. The van der Waals surface area contributed by atoms with Gasteiger partial charge in [0.2, 0.25) is 0 Å². The molecule has 2 unspecified atom stereocenters. The van der Waals surface area contributed by atoms with E-state index in [0.717, 1.165) is 53.9 Å². The lowest BCUT2D eigenvalue weighted by atomic mass is 9.89. The number of rotatable bonds is 5. The number of nitriles is 1. The minimum absolute atomic E-state index is 0.123. The van der Waals surface area contributed by atoms with E-state index in [4.69, 9.17) is 10.7 Å². The number of likely N-dealkylation sites (N-methyl/N-ethyl adjacent to an activating group) is 1. The van der Waals surface area contributed by atoms with Crippen LogP contribution in [-0.2, 0) is 0 Å². The van der Waals surface area contributed by atoms with E-state index < -0.39 is 0 Å². The van der Waals surface area contributed by atoms with Crippen LogP contribution in [0, 0.1) is 11.3 Å². The number of nitrogens with two attached hydrogens (primary N) is 1. The van der Waals surface area contributed by atoms with Crippen LogP contribution in [0.5, 0.6) is 0 Å². The van der Waals surface area contributed by atoms with Crippen molar-refractivity contribution in [3.8, 4) is 6.07 Å². The molecule has 0 amide bonds. The summed E-state index contributed by atoms with van der Waals surface area (Å²) in [5.74, 6) is 0. The van der Waals surface area contributed by atoms with E-state index in [9.17, 15) is 5.26 Å². The maximum Gasteiger partial charge on any atom is 0.176 e. The van der Waals surface area contributed by atoms with Gasteiger partial charge >= 0.3 is 0 Å². The van der Waals surface area contributed by atoms with E-state index in [1.165, 1.54) is 0 Å². The third kappa shape index (κ3) is 4.68. The van der Waals surface area contributed by atoms with Crippen LogP contribution in [0.25, 0.3) is 0 Å². The first-order valence-corrected chi connectivity index (χ1v) is 11.1. The standard InChI is InChI=1S/C25H31N7/c1-28-15-20-13-19(7-8-23(20)29-2)22-16-30-25(32-11-9-21(27)10-12-32)31-24(22)18-5-3-17(14-26)4-6-18/h3-8,13,15-16,21,23,25,28-30H,9-12,27H2,1-2H3/b20-15-. The second-order valence-electron chi connectivity index (χ2n) is 8.30. The molecule has 0 radical (unpaired) electrons. The van der Waals surface area contributed by atoms with Crippen LogP contribution in [-0.4, -0.2) is 56.2 Å². The van der Waals surface area contributed by atoms with E-state index in [1.54, 1.807) is 0 Å². The Balaban J connectivity index is 1.69. The first kappa shape index (κ1) is 22.0. The van der Waals surface area contributed by atoms with Gasteiger partial charge in [0, 0.05) is 49.7 Å². The molecule has 166 valence electrons. The van der Waals surface area contributed by atoms with Crippen LogP contribution in [0.4, 0.5) is 0 Å². The number of aliphatic imine (C=N–C) groups is 1. The summed E-state index contributed by atoms with van der Waals surface area (Å²) in [5.41, 5.74) is 11.9. The van der Waals surface area contributed by atoms with Crippen molar-refractivity contribution in [2.24, 2.45) is 10.7 Å². The molecule has 2 atom stereocenters. The highest BCUT2D eigenvalue weighted by molar-refractivity contribution is 6.16. The lowest BCUT2D eigenvalue weighted by Gasteiger charge is -2.37. The fourth-order valence-electron chi connectivity index (χ4n) is 4.32. The van der Waals surface area contributed by atoms with Crippen LogP contribution in [0.1, 0.15) is 24.0 Å². The van der Waals surface area contributed by atoms with Gasteiger partial charge in [0.05, 0.1) is 23.4 Å². The van der Waals surface area contributed by atoms with Crippen molar-refractivity contribution in [3.63, 3.8) is 0 Å². The van der Waals surface area contributed by atoms with Crippen molar-refractivity contribution < 1.29 is 0 Å². The van der Waals surface area contributed by atoms with Gasteiger partial charge in [-0.25, -0.2) is 4.99 Å². The Hall–Kier alpha value is -3.18. The zero-order valence-corrected chi connectivity index (χ0v) is 18.7. The highest BCUT2D eigenvalue weighted by Crippen LogP contribution is 2.28. The highest BCUT2D eigenvalue weighted by atomic mass is 15.4. The van der Waals surface area contributed by atoms with Crippen molar-refractivity contribution in [1.29, 1.82) is 5.26 Å². The van der Waals surface area contributed by atoms with Gasteiger partial charge in [0.15, 0.2) is 6.29 Å². The van der Waals surface area contributed by atoms with Crippen molar-refractivity contribution in [2.45, 2.75) is 31.2 Å². The number of likely N-dealkylation sites (tertiary alicyclic amines) is 1. The van der Waals surface area contributed by atoms with E-state index in [-0.39, 0.29) is 18.4 Å². The topological polar surface area (TPSA) is 102 Å². The minimum Gasteiger partial charge on any atom is -0.394 e. The number of hydrogen-bond acceptors (Lipinski definition) is 7.